The number of hydrogen-bond donors (Lipinski definition) is 2. The highest BCUT2D eigenvalue weighted by atomic mass is 32.2. The van der Waals surface area contributed by atoms with Gasteiger partial charge in [-0.2, -0.15) is 9.57 Å². The van der Waals surface area contributed by atoms with Gasteiger partial charge in [0.2, 0.25) is 10.0 Å². The summed E-state index contributed by atoms with van der Waals surface area (Å²) in [6, 6.07) is 17.3. The minimum Gasteiger partial charge on any atom is -0.477 e. The lowest BCUT2D eigenvalue weighted by Gasteiger charge is -2.24. The number of benzene rings is 2. The molecule has 2 N–H and O–H groups in total. The monoisotopic (exact) mass is 477 g/mol. The Labute approximate surface area is 197 Å². The first-order valence-corrected chi connectivity index (χ1v) is 12.4. The smallest absolute Gasteiger partial charge is 0.354 e. The zero-order chi connectivity index (χ0) is 24.5. The maximum Gasteiger partial charge on any atom is 0.354 e. The predicted octanol–water partition coefficient (Wildman–Crippen LogP) is 3.57. The number of carbonyl (C=O) groups is 1. The molecule has 1 aromatic heterocycles. The summed E-state index contributed by atoms with van der Waals surface area (Å²) in [6.07, 6.45) is 0.169. The largest absolute Gasteiger partial charge is 0.477 e. The number of nitrogens with zero attached hydrogens (tertiary/aromatic N) is 3. The maximum atomic E-state index is 12.8. The highest BCUT2D eigenvalue weighted by Crippen LogP contribution is 2.43. The number of nitriles is 1. The van der Waals surface area contributed by atoms with Crippen LogP contribution in [0.25, 0.3) is 22.4 Å². The molecule has 1 aliphatic heterocycles. The van der Waals surface area contributed by atoms with Crippen molar-refractivity contribution in [2.45, 2.75) is 25.9 Å². The summed E-state index contributed by atoms with van der Waals surface area (Å²) in [5.41, 5.74) is 4.29. The lowest BCUT2D eigenvalue weighted by atomic mass is 9.94. The second-order valence-corrected chi connectivity index (χ2v) is 10.2. The van der Waals surface area contributed by atoms with E-state index in [4.69, 9.17) is 5.26 Å². The zero-order valence-corrected chi connectivity index (χ0v) is 19.3. The van der Waals surface area contributed by atoms with E-state index in [1.165, 1.54) is 10.4 Å². The molecule has 34 heavy (non-hydrogen) atoms. The van der Waals surface area contributed by atoms with Gasteiger partial charge in [0.1, 0.15) is 5.69 Å². The molecule has 3 aromatic rings. The van der Waals surface area contributed by atoms with Crippen LogP contribution in [-0.4, -0.2) is 46.2 Å². The van der Waals surface area contributed by atoms with Gasteiger partial charge in [-0.15, -0.1) is 0 Å². The Morgan fingerprint density at radius 3 is 2.47 bits per heavy atom. The van der Waals surface area contributed by atoms with Crippen molar-refractivity contribution in [3.63, 3.8) is 0 Å². The van der Waals surface area contributed by atoms with Crippen molar-refractivity contribution in [3.05, 3.63) is 77.0 Å². The van der Waals surface area contributed by atoms with Crippen molar-refractivity contribution >= 4 is 16.0 Å². The van der Waals surface area contributed by atoms with E-state index in [0.717, 1.165) is 11.1 Å². The molecule has 2 heterocycles. The van der Waals surface area contributed by atoms with Crippen LogP contribution in [0.2, 0.25) is 0 Å². The number of aliphatic hydroxyl groups is 1. The van der Waals surface area contributed by atoms with Crippen molar-refractivity contribution < 1.29 is 23.4 Å². The van der Waals surface area contributed by atoms with E-state index in [0.29, 0.717) is 27.9 Å². The molecule has 4 rings (SSSR count). The van der Waals surface area contributed by atoms with E-state index in [2.05, 4.69) is 11.1 Å². The molecule has 0 unspecified atom stereocenters. The fourth-order valence-corrected chi connectivity index (χ4v) is 5.58. The first-order chi connectivity index (χ1) is 16.3. The second-order valence-electron chi connectivity index (χ2n) is 7.98. The highest BCUT2D eigenvalue weighted by Gasteiger charge is 2.39. The van der Waals surface area contributed by atoms with Crippen LogP contribution in [0.4, 0.5) is 0 Å². The quantitative estimate of drug-likeness (QED) is 0.532. The summed E-state index contributed by atoms with van der Waals surface area (Å²) in [4.78, 5) is 16.2. The topological polar surface area (TPSA) is 132 Å². The van der Waals surface area contributed by atoms with Gasteiger partial charge in [0, 0.05) is 24.3 Å². The summed E-state index contributed by atoms with van der Waals surface area (Å²) in [7, 11) is -3.61. The Morgan fingerprint density at radius 1 is 1.15 bits per heavy atom. The minimum atomic E-state index is -3.61. The van der Waals surface area contributed by atoms with Crippen LogP contribution in [0, 0.1) is 11.3 Å². The van der Waals surface area contributed by atoms with Crippen LogP contribution in [0.15, 0.2) is 54.6 Å². The standard InChI is InChI=1S/C25H23N3O5S/c1-2-34(32,33)28-15-20-13-21(25(30)31)27-24(23(20)22(28)10-11-29)19-5-3-4-18(12-19)17-8-6-16(14-26)7-9-17/h3-9,12-13,22,29H,2,10-11,15H2,1H3,(H,30,31)/t22-/m0/s1. The molecule has 1 atom stereocenters. The van der Waals surface area contributed by atoms with Gasteiger partial charge in [0.25, 0.3) is 0 Å². The zero-order valence-electron chi connectivity index (χ0n) is 18.5. The fraction of sp³-hybridized carbons (Fsp3) is 0.240. The molecule has 174 valence electrons. The van der Waals surface area contributed by atoms with Crippen molar-refractivity contribution in [3.8, 4) is 28.5 Å². The van der Waals surface area contributed by atoms with Crippen LogP contribution in [-0.2, 0) is 16.6 Å². The van der Waals surface area contributed by atoms with Gasteiger partial charge >= 0.3 is 5.97 Å². The van der Waals surface area contributed by atoms with Crippen molar-refractivity contribution in [1.29, 1.82) is 5.26 Å². The number of sulfonamides is 1. The SMILES string of the molecule is CCS(=O)(=O)N1Cc2cc(C(=O)O)nc(-c3cccc(-c4ccc(C#N)cc4)c3)c2[C@@H]1CCO. The third-order valence-electron chi connectivity index (χ3n) is 5.98. The number of hydrogen-bond acceptors (Lipinski definition) is 6. The molecule has 0 saturated heterocycles. The lowest BCUT2D eigenvalue weighted by molar-refractivity contribution is 0.0690. The van der Waals surface area contributed by atoms with Crippen molar-refractivity contribution in [1.82, 2.24) is 9.29 Å². The molecule has 0 aliphatic carbocycles. The number of aromatic nitrogens is 1. The highest BCUT2D eigenvalue weighted by molar-refractivity contribution is 7.89. The number of pyridine rings is 1. The van der Waals surface area contributed by atoms with E-state index in [1.54, 1.807) is 25.1 Å². The Kier molecular flexibility index (Phi) is 6.48. The van der Waals surface area contributed by atoms with Gasteiger partial charge in [0.05, 0.1) is 29.1 Å². The van der Waals surface area contributed by atoms with Gasteiger partial charge in [-0.1, -0.05) is 30.3 Å². The molecule has 0 radical (unpaired) electrons. The summed E-state index contributed by atoms with van der Waals surface area (Å²) in [5, 5.41) is 28.4. The van der Waals surface area contributed by atoms with Crippen molar-refractivity contribution in [2.24, 2.45) is 0 Å². The van der Waals surface area contributed by atoms with Gasteiger partial charge < -0.3 is 10.2 Å². The van der Waals surface area contributed by atoms with Gasteiger partial charge in [0.15, 0.2) is 0 Å². The lowest BCUT2D eigenvalue weighted by Crippen LogP contribution is -2.31. The Morgan fingerprint density at radius 2 is 1.85 bits per heavy atom. The average Bonchev–Trinajstić information content (AvgIpc) is 3.23. The number of fused-ring (bicyclic) bond motifs is 1. The van der Waals surface area contributed by atoms with Crippen LogP contribution in [0.5, 0.6) is 0 Å². The van der Waals surface area contributed by atoms with Gasteiger partial charge in [-0.05, 0) is 54.3 Å². The Balaban J connectivity index is 1.90. The van der Waals surface area contributed by atoms with Crippen LogP contribution < -0.4 is 0 Å². The van der Waals surface area contributed by atoms with Gasteiger partial charge in [-0.3, -0.25) is 0 Å². The van der Waals surface area contributed by atoms with Crippen LogP contribution in [0.3, 0.4) is 0 Å². The number of rotatable bonds is 7. The molecule has 0 fully saturated rings. The van der Waals surface area contributed by atoms with E-state index in [1.807, 2.05) is 30.3 Å². The number of aliphatic hydroxyl groups excluding tert-OH is 1. The number of carboxylic acids is 1. The van der Waals surface area contributed by atoms with Crippen molar-refractivity contribution in [2.75, 3.05) is 12.4 Å². The van der Waals surface area contributed by atoms with E-state index in [-0.39, 0.29) is 31.0 Å². The van der Waals surface area contributed by atoms with E-state index < -0.39 is 22.0 Å². The predicted molar refractivity (Wildman–Crippen MR) is 126 cm³/mol. The third-order valence-corrected chi connectivity index (χ3v) is 7.81. The summed E-state index contributed by atoms with van der Waals surface area (Å²) in [5.74, 6) is -1.31. The molecular formula is C25H23N3O5S. The molecule has 0 bridgehead atoms. The number of carboxylic acid groups (broad SMARTS) is 1. The molecule has 2 aromatic carbocycles. The van der Waals surface area contributed by atoms with Crippen LogP contribution in [0.1, 0.15) is 46.6 Å². The van der Waals surface area contributed by atoms with Crippen LogP contribution >= 0.6 is 0 Å². The number of aromatic carboxylic acids is 1. The van der Waals surface area contributed by atoms with E-state index >= 15 is 0 Å². The minimum absolute atomic E-state index is 0.0291. The maximum absolute atomic E-state index is 12.8. The fourth-order valence-electron chi connectivity index (χ4n) is 4.31. The Bertz CT molecular complexity index is 1400. The van der Waals surface area contributed by atoms with E-state index in [9.17, 15) is 23.4 Å². The molecule has 1 aliphatic rings. The third kappa shape index (κ3) is 4.31. The molecule has 0 spiro atoms. The second kappa shape index (κ2) is 9.35. The average molecular weight is 478 g/mol. The molecule has 0 saturated carbocycles. The first kappa shape index (κ1) is 23.6. The summed E-state index contributed by atoms with van der Waals surface area (Å²) in [6.45, 7) is 1.35. The molecule has 0 amide bonds. The first-order valence-electron chi connectivity index (χ1n) is 10.8. The molecule has 9 heteroatoms. The normalized spacial score (nSPS) is 15.6. The van der Waals surface area contributed by atoms with Gasteiger partial charge in [-0.25, -0.2) is 18.2 Å². The Hall–Kier alpha value is -3.58. The molecular weight excluding hydrogens is 454 g/mol. The summed E-state index contributed by atoms with van der Waals surface area (Å²) < 4.78 is 26.9. The molecule has 8 nitrogen and oxygen atoms in total. The summed E-state index contributed by atoms with van der Waals surface area (Å²) >= 11 is 0.